The topological polar surface area (TPSA) is 22.0 Å². The molecule has 0 saturated heterocycles. The van der Waals surface area contributed by atoms with Crippen LogP contribution < -0.4 is 0 Å². The number of carbonyl (C=O) groups excluding carboxylic acids is 1. The first-order valence-corrected chi connectivity index (χ1v) is 5.02. The molecule has 0 aliphatic heterocycles. The summed E-state index contributed by atoms with van der Waals surface area (Å²) >= 11 is 0. The maximum absolute atomic E-state index is 12.8. The van der Waals surface area contributed by atoms with E-state index < -0.39 is 0 Å². The first kappa shape index (κ1) is 10.6. The fraction of sp³-hybridized carbons (Fsp3) is 0.154. The lowest BCUT2D eigenvalue weighted by Gasteiger charge is -2.05. The molecule has 0 radical (unpaired) electrons. The number of nitrogens with zero attached hydrogens (tertiary/aromatic N) is 1. The van der Waals surface area contributed by atoms with E-state index in [1.165, 1.54) is 19.1 Å². The van der Waals surface area contributed by atoms with E-state index in [1.807, 2.05) is 17.7 Å². The predicted octanol–water partition coefficient (Wildman–Crippen LogP) is 3.03. The number of hydrogen-bond acceptors (Lipinski definition) is 1. The van der Waals surface area contributed by atoms with E-state index in [4.69, 9.17) is 0 Å². The minimum absolute atomic E-state index is 0.0239. The Kier molecular flexibility index (Phi) is 2.60. The highest BCUT2D eigenvalue weighted by Gasteiger charge is 2.09. The molecule has 0 amide bonds. The van der Waals surface area contributed by atoms with Crippen molar-refractivity contribution in [2.45, 2.75) is 6.92 Å². The van der Waals surface area contributed by atoms with Gasteiger partial charge in [0, 0.05) is 19.7 Å². The lowest BCUT2D eigenvalue weighted by atomic mass is 10.1. The first-order valence-electron chi connectivity index (χ1n) is 5.02. The molecule has 0 atom stereocenters. The largest absolute Gasteiger partial charge is 0.341 e. The van der Waals surface area contributed by atoms with Gasteiger partial charge in [-0.3, -0.25) is 4.79 Å². The molecule has 1 heterocycles. The minimum atomic E-state index is -0.259. The molecule has 0 spiro atoms. The van der Waals surface area contributed by atoms with E-state index in [0.717, 1.165) is 11.3 Å². The van der Waals surface area contributed by atoms with Crippen molar-refractivity contribution < 1.29 is 9.18 Å². The summed E-state index contributed by atoms with van der Waals surface area (Å²) in [6, 6.07) is 9.87. The first-order chi connectivity index (χ1) is 7.59. The molecular formula is C13H12FNO. The molecule has 1 aromatic carbocycles. The van der Waals surface area contributed by atoms with Crippen molar-refractivity contribution in [1.82, 2.24) is 4.57 Å². The van der Waals surface area contributed by atoms with Crippen LogP contribution in [0.2, 0.25) is 0 Å². The molecule has 16 heavy (non-hydrogen) atoms. The van der Waals surface area contributed by atoms with Crippen LogP contribution >= 0.6 is 0 Å². The Morgan fingerprint density at radius 2 is 1.75 bits per heavy atom. The van der Waals surface area contributed by atoms with E-state index in [-0.39, 0.29) is 11.6 Å². The van der Waals surface area contributed by atoms with E-state index in [2.05, 4.69) is 0 Å². The van der Waals surface area contributed by atoms with Gasteiger partial charge in [-0.05, 0) is 42.0 Å². The van der Waals surface area contributed by atoms with Gasteiger partial charge in [0.15, 0.2) is 5.78 Å². The monoisotopic (exact) mass is 217 g/mol. The van der Waals surface area contributed by atoms with Crippen molar-refractivity contribution in [2.75, 3.05) is 0 Å². The molecule has 3 heteroatoms. The summed E-state index contributed by atoms with van der Waals surface area (Å²) in [6.45, 7) is 1.53. The average molecular weight is 217 g/mol. The number of rotatable bonds is 2. The van der Waals surface area contributed by atoms with Gasteiger partial charge in [-0.25, -0.2) is 4.39 Å². The Morgan fingerprint density at radius 3 is 2.25 bits per heavy atom. The molecule has 0 N–H and O–H groups in total. The molecule has 1 aromatic heterocycles. The van der Waals surface area contributed by atoms with Gasteiger partial charge in [-0.2, -0.15) is 0 Å². The molecular weight excluding hydrogens is 205 g/mol. The smallest absolute Gasteiger partial charge is 0.176 e. The third-order valence-electron chi connectivity index (χ3n) is 2.62. The van der Waals surface area contributed by atoms with Crippen LogP contribution in [0.25, 0.3) is 11.3 Å². The van der Waals surface area contributed by atoms with E-state index in [1.54, 1.807) is 18.2 Å². The van der Waals surface area contributed by atoms with Crippen LogP contribution in [0.5, 0.6) is 0 Å². The van der Waals surface area contributed by atoms with Crippen LogP contribution in [0.15, 0.2) is 36.4 Å². The number of benzene rings is 1. The van der Waals surface area contributed by atoms with Crippen molar-refractivity contribution >= 4 is 5.78 Å². The van der Waals surface area contributed by atoms with Gasteiger partial charge < -0.3 is 4.57 Å². The summed E-state index contributed by atoms with van der Waals surface area (Å²) in [4.78, 5) is 11.3. The van der Waals surface area contributed by atoms with E-state index in [9.17, 15) is 9.18 Å². The van der Waals surface area contributed by atoms with Gasteiger partial charge in [0.2, 0.25) is 0 Å². The van der Waals surface area contributed by atoms with E-state index in [0.29, 0.717) is 5.69 Å². The molecule has 0 saturated carbocycles. The molecule has 0 unspecified atom stereocenters. The van der Waals surface area contributed by atoms with Crippen molar-refractivity contribution in [3.63, 3.8) is 0 Å². The van der Waals surface area contributed by atoms with Gasteiger partial charge in [0.1, 0.15) is 5.82 Å². The molecule has 2 aromatic rings. The summed E-state index contributed by atoms with van der Waals surface area (Å²) in [7, 11) is 1.83. The zero-order valence-corrected chi connectivity index (χ0v) is 9.20. The van der Waals surface area contributed by atoms with Crippen LogP contribution in [0.1, 0.15) is 17.4 Å². The van der Waals surface area contributed by atoms with Crippen LogP contribution in [0.3, 0.4) is 0 Å². The lowest BCUT2D eigenvalue weighted by Crippen LogP contribution is -2.02. The quantitative estimate of drug-likeness (QED) is 0.709. The SMILES string of the molecule is CC(=O)c1ccc(-c2ccc(F)cc2)n1C. The standard InChI is InChI=1S/C13H12FNO/c1-9(16)12-7-8-13(15(12)2)10-3-5-11(14)6-4-10/h3-8H,1-2H3. The maximum Gasteiger partial charge on any atom is 0.176 e. The van der Waals surface area contributed by atoms with Crippen LogP contribution in [-0.4, -0.2) is 10.4 Å². The lowest BCUT2D eigenvalue weighted by molar-refractivity contribution is 0.101. The molecule has 0 fully saturated rings. The summed E-state index contributed by atoms with van der Waals surface area (Å²) in [6.07, 6.45) is 0. The van der Waals surface area contributed by atoms with Gasteiger partial charge in [-0.1, -0.05) is 0 Å². The summed E-state index contributed by atoms with van der Waals surface area (Å²) < 4.78 is 14.6. The predicted molar refractivity (Wildman–Crippen MR) is 60.8 cm³/mol. The number of carbonyl (C=O) groups is 1. The van der Waals surface area contributed by atoms with Gasteiger partial charge in [0.25, 0.3) is 0 Å². The summed E-state index contributed by atoms with van der Waals surface area (Å²) in [5.41, 5.74) is 2.46. The Balaban J connectivity index is 2.49. The van der Waals surface area contributed by atoms with Gasteiger partial charge >= 0.3 is 0 Å². The Labute approximate surface area is 93.3 Å². The van der Waals surface area contributed by atoms with Crippen molar-refractivity contribution in [2.24, 2.45) is 7.05 Å². The maximum atomic E-state index is 12.8. The van der Waals surface area contributed by atoms with E-state index >= 15 is 0 Å². The van der Waals surface area contributed by atoms with Crippen molar-refractivity contribution in [3.8, 4) is 11.3 Å². The summed E-state index contributed by atoms with van der Waals surface area (Å²) in [5.74, 6) is -0.236. The number of halogens is 1. The Hall–Kier alpha value is -1.90. The zero-order chi connectivity index (χ0) is 11.7. The van der Waals surface area contributed by atoms with Gasteiger partial charge in [0.05, 0.1) is 5.69 Å². The number of Topliss-reactive ketones (excluding diaryl/α,β-unsaturated/α-hetero) is 1. The highest BCUT2D eigenvalue weighted by Crippen LogP contribution is 2.21. The highest BCUT2D eigenvalue weighted by atomic mass is 19.1. The van der Waals surface area contributed by atoms with Crippen molar-refractivity contribution in [3.05, 3.63) is 47.9 Å². The molecule has 2 nitrogen and oxygen atoms in total. The second-order valence-electron chi connectivity index (χ2n) is 3.73. The Bertz CT molecular complexity index is 525. The van der Waals surface area contributed by atoms with Crippen LogP contribution in [0.4, 0.5) is 4.39 Å². The number of ketones is 1. The fourth-order valence-electron chi connectivity index (χ4n) is 1.78. The number of aromatic nitrogens is 1. The Morgan fingerprint density at radius 1 is 1.12 bits per heavy atom. The molecule has 0 aliphatic carbocycles. The van der Waals surface area contributed by atoms with Crippen LogP contribution in [-0.2, 0) is 7.05 Å². The molecule has 0 aliphatic rings. The van der Waals surface area contributed by atoms with Gasteiger partial charge in [-0.15, -0.1) is 0 Å². The molecule has 82 valence electrons. The fourth-order valence-corrected chi connectivity index (χ4v) is 1.78. The molecule has 2 rings (SSSR count). The summed E-state index contributed by atoms with van der Waals surface area (Å²) in [5, 5.41) is 0. The second-order valence-corrected chi connectivity index (χ2v) is 3.73. The third-order valence-corrected chi connectivity index (χ3v) is 2.62. The normalized spacial score (nSPS) is 10.4. The minimum Gasteiger partial charge on any atom is -0.341 e. The van der Waals surface area contributed by atoms with Crippen molar-refractivity contribution in [1.29, 1.82) is 0 Å². The molecule has 0 bridgehead atoms. The average Bonchev–Trinajstić information content (AvgIpc) is 2.61. The second kappa shape index (κ2) is 3.93. The highest BCUT2D eigenvalue weighted by molar-refractivity contribution is 5.93. The van der Waals surface area contributed by atoms with Crippen LogP contribution in [0, 0.1) is 5.82 Å². The zero-order valence-electron chi connectivity index (χ0n) is 9.20. The third kappa shape index (κ3) is 1.76. The number of hydrogen-bond donors (Lipinski definition) is 0.